The molecule has 0 radical (unpaired) electrons. The van der Waals surface area contributed by atoms with Crippen molar-refractivity contribution in [1.29, 1.82) is 0 Å². The molecule has 106 valence electrons. The number of aromatic nitrogens is 2. The van der Waals surface area contributed by atoms with Crippen molar-refractivity contribution in [1.82, 2.24) is 14.9 Å². The number of aromatic amines is 2. The number of hydrogen-bond acceptors (Lipinski definition) is 5. The molecule has 1 aliphatic rings. The van der Waals surface area contributed by atoms with Gasteiger partial charge in [-0.2, -0.15) is 0 Å². The SMILES string of the molecule is CCOC(=O)N1Cc2c([nH]c3c(=O)[nH]c(=O)sc23)C1C. The molecular formula is C12H13N3O4S. The Morgan fingerprint density at radius 2 is 2.20 bits per heavy atom. The van der Waals surface area contributed by atoms with E-state index in [2.05, 4.69) is 9.97 Å². The number of rotatable bonds is 1. The van der Waals surface area contributed by atoms with Gasteiger partial charge in [-0.15, -0.1) is 0 Å². The van der Waals surface area contributed by atoms with Crippen LogP contribution in [0.3, 0.4) is 0 Å². The third kappa shape index (κ3) is 1.75. The largest absolute Gasteiger partial charge is 0.450 e. The molecule has 2 N–H and O–H groups in total. The third-order valence-corrected chi connectivity index (χ3v) is 4.38. The minimum Gasteiger partial charge on any atom is -0.450 e. The molecule has 3 heterocycles. The van der Waals surface area contributed by atoms with Crippen LogP contribution in [0, 0.1) is 0 Å². The molecule has 0 aliphatic carbocycles. The van der Waals surface area contributed by atoms with Crippen LogP contribution in [-0.2, 0) is 11.3 Å². The monoisotopic (exact) mass is 295 g/mol. The molecule has 0 saturated carbocycles. The first kappa shape index (κ1) is 12.9. The minimum absolute atomic E-state index is 0.210. The summed E-state index contributed by atoms with van der Waals surface area (Å²) in [4.78, 5) is 41.5. The Bertz CT molecular complexity index is 803. The van der Waals surface area contributed by atoms with Gasteiger partial charge >= 0.3 is 11.0 Å². The van der Waals surface area contributed by atoms with E-state index in [-0.39, 0.29) is 6.04 Å². The average Bonchev–Trinajstić information content (AvgIpc) is 2.89. The Morgan fingerprint density at radius 1 is 1.45 bits per heavy atom. The van der Waals surface area contributed by atoms with Crippen molar-refractivity contribution in [2.24, 2.45) is 0 Å². The summed E-state index contributed by atoms with van der Waals surface area (Å²) in [5.74, 6) is 0. The summed E-state index contributed by atoms with van der Waals surface area (Å²) < 4.78 is 5.62. The van der Waals surface area contributed by atoms with Gasteiger partial charge in [0, 0.05) is 11.3 Å². The molecule has 0 aromatic carbocycles. The van der Waals surface area contributed by atoms with Gasteiger partial charge in [-0.1, -0.05) is 11.3 Å². The number of fused-ring (bicyclic) bond motifs is 3. The molecule has 0 bridgehead atoms. The second kappa shape index (κ2) is 4.48. The number of ether oxygens (including phenoxy) is 1. The lowest BCUT2D eigenvalue weighted by molar-refractivity contribution is 0.0958. The number of hydrogen-bond donors (Lipinski definition) is 2. The molecule has 2 aromatic heterocycles. The van der Waals surface area contributed by atoms with Crippen LogP contribution in [0.25, 0.3) is 10.2 Å². The maximum atomic E-state index is 11.9. The maximum absolute atomic E-state index is 11.9. The fraction of sp³-hybridized carbons (Fsp3) is 0.417. The number of carbonyl (C=O) groups excluding carboxylic acids is 1. The van der Waals surface area contributed by atoms with Crippen LogP contribution in [-0.4, -0.2) is 27.6 Å². The zero-order valence-corrected chi connectivity index (χ0v) is 11.8. The second-order valence-electron chi connectivity index (χ2n) is 4.57. The van der Waals surface area contributed by atoms with Crippen molar-refractivity contribution in [3.8, 4) is 0 Å². The molecule has 1 amide bonds. The molecule has 2 aromatic rings. The van der Waals surface area contributed by atoms with Crippen molar-refractivity contribution in [3.63, 3.8) is 0 Å². The Hall–Kier alpha value is -2.09. The zero-order chi connectivity index (χ0) is 14.4. The summed E-state index contributed by atoms with van der Waals surface area (Å²) in [6, 6.07) is -0.210. The first-order valence-corrected chi connectivity index (χ1v) is 7.05. The van der Waals surface area contributed by atoms with E-state index >= 15 is 0 Å². The quantitative estimate of drug-likeness (QED) is 0.829. The predicted molar refractivity (Wildman–Crippen MR) is 74.0 cm³/mol. The Morgan fingerprint density at radius 3 is 2.90 bits per heavy atom. The van der Waals surface area contributed by atoms with Crippen LogP contribution < -0.4 is 10.4 Å². The van der Waals surface area contributed by atoms with E-state index in [1.807, 2.05) is 6.92 Å². The standard InChI is InChI=1S/C12H13N3O4S/c1-3-19-12(18)15-4-6-7(5(15)2)13-8-9(6)20-11(17)14-10(8)16/h5,13H,3-4H2,1-2H3,(H,14,16,17). The van der Waals surface area contributed by atoms with E-state index in [1.54, 1.807) is 11.8 Å². The average molecular weight is 295 g/mol. The highest BCUT2D eigenvalue weighted by atomic mass is 32.1. The number of carbonyl (C=O) groups is 1. The van der Waals surface area contributed by atoms with E-state index in [1.165, 1.54) is 0 Å². The third-order valence-electron chi connectivity index (χ3n) is 3.44. The molecule has 8 heteroatoms. The van der Waals surface area contributed by atoms with Gasteiger partial charge in [0.2, 0.25) is 0 Å². The smallest absolute Gasteiger partial charge is 0.410 e. The Balaban J connectivity index is 2.11. The molecule has 1 atom stereocenters. The van der Waals surface area contributed by atoms with Gasteiger partial charge in [-0.05, 0) is 13.8 Å². The van der Waals surface area contributed by atoms with Crippen LogP contribution in [0.1, 0.15) is 31.1 Å². The fourth-order valence-electron chi connectivity index (χ4n) is 2.49. The summed E-state index contributed by atoms with van der Waals surface area (Å²) in [7, 11) is 0. The summed E-state index contributed by atoms with van der Waals surface area (Å²) in [5, 5.41) is 0. The zero-order valence-electron chi connectivity index (χ0n) is 11.0. The number of amides is 1. The lowest BCUT2D eigenvalue weighted by Crippen LogP contribution is -2.29. The molecule has 0 fully saturated rings. The number of H-pyrrole nitrogens is 2. The molecule has 1 aliphatic heterocycles. The summed E-state index contributed by atoms with van der Waals surface area (Å²) in [5.41, 5.74) is 1.59. The van der Waals surface area contributed by atoms with Gasteiger partial charge in [0.15, 0.2) is 0 Å². The first-order valence-electron chi connectivity index (χ1n) is 6.24. The van der Waals surface area contributed by atoms with E-state index in [0.29, 0.717) is 23.4 Å². The van der Waals surface area contributed by atoms with Crippen molar-refractivity contribution < 1.29 is 9.53 Å². The maximum Gasteiger partial charge on any atom is 0.410 e. The van der Waals surface area contributed by atoms with Crippen LogP contribution in [0.15, 0.2) is 9.59 Å². The highest BCUT2D eigenvalue weighted by Crippen LogP contribution is 2.37. The molecule has 3 rings (SSSR count). The van der Waals surface area contributed by atoms with Crippen LogP contribution in [0.4, 0.5) is 4.79 Å². The predicted octanol–water partition coefficient (Wildman–Crippen LogP) is 1.31. The van der Waals surface area contributed by atoms with Gasteiger partial charge < -0.3 is 9.72 Å². The van der Waals surface area contributed by atoms with Crippen molar-refractivity contribution in [2.75, 3.05) is 6.61 Å². The van der Waals surface area contributed by atoms with Crippen molar-refractivity contribution in [2.45, 2.75) is 26.4 Å². The lowest BCUT2D eigenvalue weighted by Gasteiger charge is -2.20. The van der Waals surface area contributed by atoms with Crippen LogP contribution in [0.5, 0.6) is 0 Å². The topological polar surface area (TPSA) is 95.3 Å². The first-order chi connectivity index (χ1) is 9.52. The van der Waals surface area contributed by atoms with Crippen LogP contribution in [0.2, 0.25) is 0 Å². The summed E-state index contributed by atoms with van der Waals surface area (Å²) in [6.45, 7) is 4.26. The van der Waals surface area contributed by atoms with Gasteiger partial charge in [0.1, 0.15) is 5.52 Å². The lowest BCUT2D eigenvalue weighted by atomic mass is 10.2. The molecule has 0 saturated heterocycles. The van der Waals surface area contributed by atoms with E-state index < -0.39 is 16.5 Å². The molecule has 0 spiro atoms. The van der Waals surface area contributed by atoms with Gasteiger partial charge in [0.25, 0.3) is 5.56 Å². The van der Waals surface area contributed by atoms with Crippen molar-refractivity contribution >= 4 is 27.6 Å². The Labute approximate surface area is 117 Å². The van der Waals surface area contributed by atoms with Gasteiger partial charge in [-0.3, -0.25) is 19.5 Å². The molecule has 7 nitrogen and oxygen atoms in total. The fourth-order valence-corrected chi connectivity index (χ4v) is 3.36. The molecule has 1 unspecified atom stereocenters. The molecular weight excluding hydrogens is 282 g/mol. The Kier molecular flexibility index (Phi) is 2.89. The van der Waals surface area contributed by atoms with E-state index in [0.717, 1.165) is 22.6 Å². The number of nitrogens with one attached hydrogen (secondary N) is 2. The summed E-state index contributed by atoms with van der Waals surface area (Å²) >= 11 is 0.976. The summed E-state index contributed by atoms with van der Waals surface area (Å²) in [6.07, 6.45) is -0.394. The highest BCUT2D eigenvalue weighted by Gasteiger charge is 2.35. The second-order valence-corrected chi connectivity index (χ2v) is 5.55. The number of nitrogens with zero attached hydrogens (tertiary/aromatic N) is 1. The van der Waals surface area contributed by atoms with Gasteiger partial charge in [0.05, 0.1) is 23.9 Å². The normalized spacial score (nSPS) is 17.5. The molecule has 20 heavy (non-hydrogen) atoms. The van der Waals surface area contributed by atoms with E-state index in [9.17, 15) is 14.4 Å². The highest BCUT2D eigenvalue weighted by molar-refractivity contribution is 7.16. The van der Waals surface area contributed by atoms with Crippen LogP contribution >= 0.6 is 11.3 Å². The van der Waals surface area contributed by atoms with Crippen molar-refractivity contribution in [3.05, 3.63) is 31.3 Å². The van der Waals surface area contributed by atoms with Gasteiger partial charge in [-0.25, -0.2) is 4.79 Å². The minimum atomic E-state index is -0.423. The van der Waals surface area contributed by atoms with E-state index in [4.69, 9.17) is 4.74 Å².